The molecule has 0 aromatic rings. The topological polar surface area (TPSA) is 96.9 Å². The van der Waals surface area contributed by atoms with Crippen molar-refractivity contribution in [2.24, 2.45) is 16.3 Å². The van der Waals surface area contributed by atoms with Crippen LogP contribution in [0.5, 0.6) is 0 Å². The number of amides is 1. The van der Waals surface area contributed by atoms with Crippen LogP contribution >= 0.6 is 0 Å². The number of oxime groups is 1. The fraction of sp³-hybridized carbons (Fsp3) is 0.867. The van der Waals surface area contributed by atoms with Gasteiger partial charge < -0.3 is 21.0 Å². The van der Waals surface area contributed by atoms with Gasteiger partial charge in [0.2, 0.25) is 5.91 Å². The lowest BCUT2D eigenvalue weighted by Crippen LogP contribution is -2.54. The molecule has 3 atom stereocenters. The highest BCUT2D eigenvalue weighted by molar-refractivity contribution is 6.06. The average molecular weight is 295 g/mol. The zero-order valence-electron chi connectivity index (χ0n) is 12.4. The van der Waals surface area contributed by atoms with Gasteiger partial charge in [0.05, 0.1) is 18.2 Å². The van der Waals surface area contributed by atoms with Crippen LogP contribution in [0.2, 0.25) is 0 Å². The van der Waals surface area contributed by atoms with Crippen molar-refractivity contribution < 1.29 is 14.7 Å². The molecule has 0 radical (unpaired) electrons. The predicted molar refractivity (Wildman–Crippen MR) is 78.0 cm³/mol. The second kappa shape index (κ2) is 5.83. The number of ether oxygens (including phenoxy) is 1. The zero-order valence-corrected chi connectivity index (χ0v) is 12.4. The number of nitrogens with one attached hydrogen (secondary N) is 1. The number of hydrogen-bond donors (Lipinski definition) is 3. The third kappa shape index (κ3) is 2.61. The molecular weight excluding hydrogens is 270 g/mol. The van der Waals surface area contributed by atoms with Crippen molar-refractivity contribution in [3.05, 3.63) is 0 Å². The number of fused-ring (bicyclic) bond motifs is 2. The van der Waals surface area contributed by atoms with Gasteiger partial charge in [0.1, 0.15) is 5.41 Å². The minimum absolute atomic E-state index is 0.0611. The van der Waals surface area contributed by atoms with Gasteiger partial charge >= 0.3 is 0 Å². The van der Waals surface area contributed by atoms with E-state index in [9.17, 15) is 4.79 Å². The first kappa shape index (κ1) is 14.6. The maximum Gasteiger partial charge on any atom is 0.234 e. The van der Waals surface area contributed by atoms with Crippen molar-refractivity contribution in [1.82, 2.24) is 5.32 Å². The SMILES string of the molecule is NC(=NO)C1(C(=O)NC2CC3CCC2O3)CCCCCC1. The van der Waals surface area contributed by atoms with Crippen molar-refractivity contribution in [2.75, 3.05) is 0 Å². The Kier molecular flexibility index (Phi) is 4.06. The van der Waals surface area contributed by atoms with Gasteiger partial charge in [-0.05, 0) is 32.1 Å². The van der Waals surface area contributed by atoms with Gasteiger partial charge in [-0.15, -0.1) is 0 Å². The molecule has 4 N–H and O–H groups in total. The van der Waals surface area contributed by atoms with E-state index in [1.165, 1.54) is 0 Å². The van der Waals surface area contributed by atoms with Crippen molar-refractivity contribution in [3.63, 3.8) is 0 Å². The summed E-state index contributed by atoms with van der Waals surface area (Å²) in [6.45, 7) is 0. The van der Waals surface area contributed by atoms with E-state index in [0.717, 1.165) is 44.9 Å². The van der Waals surface area contributed by atoms with E-state index in [0.29, 0.717) is 18.9 Å². The van der Waals surface area contributed by atoms with Gasteiger partial charge in [-0.1, -0.05) is 30.8 Å². The summed E-state index contributed by atoms with van der Waals surface area (Å²) >= 11 is 0. The van der Waals surface area contributed by atoms with Gasteiger partial charge in [-0.2, -0.15) is 0 Å². The molecule has 21 heavy (non-hydrogen) atoms. The molecule has 3 unspecified atom stereocenters. The Morgan fingerprint density at radius 1 is 1.24 bits per heavy atom. The number of carbonyl (C=O) groups excluding carboxylic acids is 1. The number of carbonyl (C=O) groups is 1. The van der Waals surface area contributed by atoms with E-state index in [-0.39, 0.29) is 23.9 Å². The Labute approximate surface area is 125 Å². The Morgan fingerprint density at radius 3 is 2.48 bits per heavy atom. The minimum atomic E-state index is -0.840. The van der Waals surface area contributed by atoms with Crippen molar-refractivity contribution in [3.8, 4) is 0 Å². The summed E-state index contributed by atoms with van der Waals surface area (Å²) in [6, 6.07) is 0.0860. The molecule has 2 aliphatic heterocycles. The van der Waals surface area contributed by atoms with Gasteiger partial charge in [0, 0.05) is 0 Å². The monoisotopic (exact) mass is 295 g/mol. The van der Waals surface area contributed by atoms with Crippen molar-refractivity contribution >= 4 is 11.7 Å². The van der Waals surface area contributed by atoms with E-state index >= 15 is 0 Å². The standard InChI is InChI=1S/C15H25N3O3/c16-13(18-20)15(7-3-1-2-4-8-15)14(19)17-11-9-10-5-6-12(11)21-10/h10-12,20H,1-9H2,(H2,16,18)(H,17,19). The largest absolute Gasteiger partial charge is 0.409 e. The third-order valence-electron chi connectivity index (χ3n) is 5.41. The summed E-state index contributed by atoms with van der Waals surface area (Å²) in [5, 5.41) is 15.4. The number of nitrogens with zero attached hydrogens (tertiary/aromatic N) is 1. The second-order valence-corrected chi connectivity index (χ2v) is 6.67. The number of amidine groups is 1. The lowest BCUT2D eigenvalue weighted by molar-refractivity contribution is -0.129. The van der Waals surface area contributed by atoms with Gasteiger partial charge in [-0.3, -0.25) is 4.79 Å². The molecule has 6 nitrogen and oxygen atoms in total. The predicted octanol–water partition coefficient (Wildman–Crippen LogP) is 1.51. The first-order valence-corrected chi connectivity index (χ1v) is 8.10. The Bertz CT molecular complexity index is 430. The van der Waals surface area contributed by atoms with E-state index < -0.39 is 5.41 Å². The summed E-state index contributed by atoms with van der Waals surface area (Å²) < 4.78 is 5.79. The lowest BCUT2D eigenvalue weighted by atomic mass is 9.77. The summed E-state index contributed by atoms with van der Waals surface area (Å²) in [5.74, 6) is -0.0215. The zero-order chi connectivity index (χ0) is 14.9. The highest BCUT2D eigenvalue weighted by atomic mass is 16.5. The van der Waals surface area contributed by atoms with Gasteiger partial charge in [-0.25, -0.2) is 0 Å². The molecule has 0 spiro atoms. The molecule has 3 aliphatic rings. The van der Waals surface area contributed by atoms with Crippen molar-refractivity contribution in [1.29, 1.82) is 0 Å². The maximum atomic E-state index is 12.9. The number of rotatable bonds is 3. The maximum absolute atomic E-state index is 12.9. The third-order valence-corrected chi connectivity index (χ3v) is 5.41. The minimum Gasteiger partial charge on any atom is -0.409 e. The Hall–Kier alpha value is -1.30. The highest BCUT2D eigenvalue weighted by Gasteiger charge is 2.47. The summed E-state index contributed by atoms with van der Waals surface area (Å²) in [4.78, 5) is 12.9. The van der Waals surface area contributed by atoms with Crippen LogP contribution in [0, 0.1) is 5.41 Å². The molecule has 2 bridgehead atoms. The van der Waals surface area contributed by atoms with E-state index in [1.807, 2.05) is 0 Å². The van der Waals surface area contributed by atoms with E-state index in [4.69, 9.17) is 15.7 Å². The fourth-order valence-corrected chi connectivity index (χ4v) is 4.12. The van der Waals surface area contributed by atoms with E-state index in [2.05, 4.69) is 10.5 Å². The molecule has 3 rings (SSSR count). The molecule has 1 aliphatic carbocycles. The molecule has 118 valence electrons. The molecule has 1 amide bonds. The first-order valence-electron chi connectivity index (χ1n) is 8.10. The number of nitrogens with two attached hydrogens (primary N) is 1. The second-order valence-electron chi connectivity index (χ2n) is 6.67. The molecule has 0 aromatic carbocycles. The van der Waals surface area contributed by atoms with Crippen LogP contribution < -0.4 is 11.1 Å². The quantitative estimate of drug-likeness (QED) is 0.242. The first-order chi connectivity index (χ1) is 10.2. The molecule has 1 saturated carbocycles. The normalized spacial score (nSPS) is 35.4. The van der Waals surface area contributed by atoms with Crippen LogP contribution in [-0.4, -0.2) is 35.2 Å². The van der Waals surface area contributed by atoms with Crippen LogP contribution in [0.1, 0.15) is 57.8 Å². The smallest absolute Gasteiger partial charge is 0.234 e. The summed E-state index contributed by atoms with van der Waals surface area (Å²) in [7, 11) is 0. The van der Waals surface area contributed by atoms with Crippen LogP contribution in [0.25, 0.3) is 0 Å². The molecule has 3 fully saturated rings. The Morgan fingerprint density at radius 2 is 1.95 bits per heavy atom. The van der Waals surface area contributed by atoms with Crippen LogP contribution in [0.3, 0.4) is 0 Å². The van der Waals surface area contributed by atoms with Gasteiger partial charge in [0.25, 0.3) is 0 Å². The van der Waals surface area contributed by atoms with Crippen molar-refractivity contribution in [2.45, 2.75) is 76.0 Å². The molecule has 2 heterocycles. The van der Waals surface area contributed by atoms with Crippen LogP contribution in [0.15, 0.2) is 5.16 Å². The molecule has 6 heteroatoms. The Balaban J connectivity index is 1.74. The van der Waals surface area contributed by atoms with Crippen LogP contribution in [-0.2, 0) is 9.53 Å². The fourth-order valence-electron chi connectivity index (χ4n) is 4.12. The summed E-state index contributed by atoms with van der Waals surface area (Å²) in [6.07, 6.45) is 8.87. The molecule has 2 saturated heterocycles. The summed E-state index contributed by atoms with van der Waals surface area (Å²) in [5.41, 5.74) is 5.07. The molecular formula is C15H25N3O3. The van der Waals surface area contributed by atoms with Gasteiger partial charge in [0.15, 0.2) is 5.84 Å². The lowest BCUT2D eigenvalue weighted by Gasteiger charge is -2.32. The molecule has 0 aromatic heterocycles. The van der Waals surface area contributed by atoms with E-state index in [1.54, 1.807) is 0 Å². The number of hydrogen-bond acceptors (Lipinski definition) is 4. The highest BCUT2D eigenvalue weighted by Crippen LogP contribution is 2.38. The average Bonchev–Trinajstić information content (AvgIpc) is 3.01. The van der Waals surface area contributed by atoms with Crippen LogP contribution in [0.4, 0.5) is 0 Å².